The number of aliphatic hydroxyl groups excluding tert-OH is 1. The zero-order valence-corrected chi connectivity index (χ0v) is 16.9. The fourth-order valence-corrected chi connectivity index (χ4v) is 3.63. The number of halogens is 1. The Hall–Kier alpha value is -3.16. The van der Waals surface area contributed by atoms with Crippen LogP contribution in [0.1, 0.15) is 36.1 Å². The van der Waals surface area contributed by atoms with Gasteiger partial charge in [-0.15, -0.1) is 0 Å². The summed E-state index contributed by atoms with van der Waals surface area (Å²) in [5.41, 5.74) is 2.83. The van der Waals surface area contributed by atoms with Crippen molar-refractivity contribution < 1.29 is 5.11 Å². The molecule has 2 aromatic carbocycles. The highest BCUT2D eigenvalue weighted by Crippen LogP contribution is 2.40. The summed E-state index contributed by atoms with van der Waals surface area (Å²) in [5, 5.41) is 25.3. The molecule has 1 saturated carbocycles. The van der Waals surface area contributed by atoms with E-state index in [-0.39, 0.29) is 12.6 Å². The van der Waals surface area contributed by atoms with Gasteiger partial charge in [-0.2, -0.15) is 10.1 Å². The molecule has 152 valence electrons. The van der Waals surface area contributed by atoms with Gasteiger partial charge in [-0.3, -0.25) is 5.10 Å². The molecular weight excluding hydrogens is 400 g/mol. The molecule has 4 N–H and O–H groups in total. The number of aromatic amines is 1. The molecule has 1 unspecified atom stereocenters. The third-order valence-corrected chi connectivity index (χ3v) is 5.44. The summed E-state index contributed by atoms with van der Waals surface area (Å²) < 4.78 is 0. The molecule has 7 nitrogen and oxygen atoms in total. The summed E-state index contributed by atoms with van der Waals surface area (Å²) in [7, 11) is 0. The van der Waals surface area contributed by atoms with Crippen molar-refractivity contribution in [2.75, 3.05) is 17.2 Å². The molecule has 5 rings (SSSR count). The van der Waals surface area contributed by atoms with Crippen molar-refractivity contribution in [1.82, 2.24) is 20.2 Å². The fraction of sp³-hybridized carbons (Fsp3) is 0.227. The van der Waals surface area contributed by atoms with Crippen LogP contribution in [0.5, 0.6) is 0 Å². The molecule has 30 heavy (non-hydrogen) atoms. The first-order valence-electron chi connectivity index (χ1n) is 9.91. The van der Waals surface area contributed by atoms with Crippen molar-refractivity contribution in [3.63, 3.8) is 0 Å². The standard InChI is InChI=1S/C22H21ClN6O/c23-15-8-9-17-16(10-15)21(26-20-11-18(28-29-20)14-6-7-14)27-22(24-17)25-19(12-30)13-4-2-1-3-5-13/h1-5,8-11,14,19,30H,6-7,12H2,(H3,24,25,26,27,28,29). The Labute approximate surface area is 178 Å². The van der Waals surface area contributed by atoms with E-state index in [1.807, 2.05) is 48.5 Å². The van der Waals surface area contributed by atoms with Crippen LogP contribution in [0.4, 0.5) is 17.6 Å². The lowest BCUT2D eigenvalue weighted by atomic mass is 10.1. The Balaban J connectivity index is 1.50. The van der Waals surface area contributed by atoms with Crippen molar-refractivity contribution in [3.05, 3.63) is 70.9 Å². The van der Waals surface area contributed by atoms with Crippen LogP contribution in [-0.4, -0.2) is 31.9 Å². The fourth-order valence-electron chi connectivity index (χ4n) is 3.46. The highest BCUT2D eigenvalue weighted by atomic mass is 35.5. The van der Waals surface area contributed by atoms with Crippen LogP contribution in [-0.2, 0) is 0 Å². The van der Waals surface area contributed by atoms with E-state index in [0.717, 1.165) is 22.2 Å². The van der Waals surface area contributed by atoms with E-state index in [1.165, 1.54) is 12.8 Å². The monoisotopic (exact) mass is 420 g/mol. The summed E-state index contributed by atoms with van der Waals surface area (Å²) in [6.45, 7) is -0.0844. The highest BCUT2D eigenvalue weighted by molar-refractivity contribution is 6.31. The number of fused-ring (bicyclic) bond motifs is 1. The number of aliphatic hydroxyl groups is 1. The van der Waals surface area contributed by atoms with Gasteiger partial charge in [0.1, 0.15) is 5.82 Å². The Morgan fingerprint density at radius 1 is 1.10 bits per heavy atom. The Kier molecular flexibility index (Phi) is 4.98. The van der Waals surface area contributed by atoms with Crippen LogP contribution in [0.2, 0.25) is 5.02 Å². The lowest BCUT2D eigenvalue weighted by molar-refractivity contribution is 0.276. The predicted molar refractivity (Wildman–Crippen MR) is 118 cm³/mol. The smallest absolute Gasteiger partial charge is 0.225 e. The SMILES string of the molecule is OCC(Nc1nc(Nc2cc(C3CC3)[nH]n2)c2cc(Cl)ccc2n1)c1ccccc1. The molecule has 0 saturated heterocycles. The zero-order chi connectivity index (χ0) is 20.5. The second kappa shape index (κ2) is 7.93. The van der Waals surface area contributed by atoms with Crippen molar-refractivity contribution in [2.45, 2.75) is 24.8 Å². The van der Waals surface area contributed by atoms with E-state index < -0.39 is 0 Å². The van der Waals surface area contributed by atoms with Crippen LogP contribution in [0.25, 0.3) is 10.9 Å². The van der Waals surface area contributed by atoms with E-state index in [9.17, 15) is 5.11 Å². The maximum Gasteiger partial charge on any atom is 0.225 e. The predicted octanol–water partition coefficient (Wildman–Crippen LogP) is 4.77. The summed E-state index contributed by atoms with van der Waals surface area (Å²) in [6.07, 6.45) is 2.40. The van der Waals surface area contributed by atoms with Crippen LogP contribution >= 0.6 is 11.6 Å². The molecule has 0 radical (unpaired) electrons. The molecular formula is C22H21ClN6O. The summed E-state index contributed by atoms with van der Waals surface area (Å²) in [6, 6.07) is 16.9. The van der Waals surface area contributed by atoms with Crippen molar-refractivity contribution in [3.8, 4) is 0 Å². The third kappa shape index (κ3) is 3.94. The van der Waals surface area contributed by atoms with E-state index >= 15 is 0 Å². The van der Waals surface area contributed by atoms with E-state index in [4.69, 9.17) is 11.6 Å². The molecule has 1 fully saturated rings. The minimum Gasteiger partial charge on any atom is -0.394 e. The van der Waals surface area contributed by atoms with Crippen LogP contribution in [0.15, 0.2) is 54.6 Å². The number of aromatic nitrogens is 4. The number of nitrogens with zero attached hydrogens (tertiary/aromatic N) is 3. The molecule has 1 aliphatic carbocycles. The topological polar surface area (TPSA) is 98.8 Å². The minimum absolute atomic E-state index is 0.0844. The molecule has 8 heteroatoms. The lowest BCUT2D eigenvalue weighted by Crippen LogP contribution is -2.17. The van der Waals surface area contributed by atoms with E-state index in [2.05, 4.69) is 30.8 Å². The average Bonchev–Trinajstić information content (AvgIpc) is 3.52. The van der Waals surface area contributed by atoms with E-state index in [1.54, 1.807) is 6.07 Å². The number of rotatable bonds is 7. The quantitative estimate of drug-likeness (QED) is 0.343. The number of hydrogen-bond acceptors (Lipinski definition) is 6. The van der Waals surface area contributed by atoms with Gasteiger partial charge < -0.3 is 15.7 Å². The normalized spacial score (nSPS) is 14.6. The zero-order valence-electron chi connectivity index (χ0n) is 16.1. The molecule has 2 aromatic heterocycles. The Morgan fingerprint density at radius 2 is 1.93 bits per heavy atom. The van der Waals surface area contributed by atoms with Crippen LogP contribution in [0, 0.1) is 0 Å². The van der Waals surface area contributed by atoms with E-state index in [0.29, 0.717) is 28.5 Å². The first kappa shape index (κ1) is 18.8. The second-order valence-corrected chi connectivity index (χ2v) is 7.89. The molecule has 2 heterocycles. The molecule has 1 aliphatic rings. The number of nitrogens with one attached hydrogen (secondary N) is 3. The van der Waals surface area contributed by atoms with Crippen molar-refractivity contribution >= 4 is 40.1 Å². The molecule has 0 spiro atoms. The summed E-state index contributed by atoms with van der Waals surface area (Å²) in [4.78, 5) is 9.28. The van der Waals surface area contributed by atoms with Gasteiger partial charge in [0.25, 0.3) is 0 Å². The second-order valence-electron chi connectivity index (χ2n) is 7.46. The highest BCUT2D eigenvalue weighted by Gasteiger charge is 2.25. The maximum atomic E-state index is 9.89. The third-order valence-electron chi connectivity index (χ3n) is 5.21. The number of anilines is 3. The maximum absolute atomic E-state index is 9.89. The van der Waals surface area contributed by atoms with Gasteiger partial charge in [0.2, 0.25) is 5.95 Å². The van der Waals surface area contributed by atoms with Gasteiger partial charge in [-0.25, -0.2) is 4.98 Å². The number of benzene rings is 2. The van der Waals surface area contributed by atoms with Gasteiger partial charge in [0, 0.05) is 28.1 Å². The Morgan fingerprint density at radius 3 is 2.70 bits per heavy atom. The number of H-pyrrole nitrogens is 1. The largest absolute Gasteiger partial charge is 0.394 e. The van der Waals surface area contributed by atoms with Gasteiger partial charge in [-0.1, -0.05) is 41.9 Å². The lowest BCUT2D eigenvalue weighted by Gasteiger charge is -2.18. The van der Waals surface area contributed by atoms with Gasteiger partial charge in [0.15, 0.2) is 5.82 Å². The molecule has 0 bridgehead atoms. The summed E-state index contributed by atoms with van der Waals surface area (Å²) in [5.74, 6) is 2.29. The first-order valence-corrected chi connectivity index (χ1v) is 10.3. The van der Waals surface area contributed by atoms with Gasteiger partial charge in [-0.05, 0) is 36.6 Å². The number of hydrogen-bond donors (Lipinski definition) is 4. The van der Waals surface area contributed by atoms with Gasteiger partial charge >= 0.3 is 0 Å². The van der Waals surface area contributed by atoms with Crippen LogP contribution < -0.4 is 10.6 Å². The molecule has 4 aromatic rings. The van der Waals surface area contributed by atoms with Crippen LogP contribution in [0.3, 0.4) is 0 Å². The minimum atomic E-state index is -0.323. The van der Waals surface area contributed by atoms with Gasteiger partial charge in [0.05, 0.1) is 18.2 Å². The van der Waals surface area contributed by atoms with Crippen molar-refractivity contribution in [2.24, 2.45) is 0 Å². The molecule has 0 amide bonds. The summed E-state index contributed by atoms with van der Waals surface area (Å²) >= 11 is 6.22. The first-order chi connectivity index (χ1) is 14.7. The Bertz CT molecular complexity index is 1170. The van der Waals surface area contributed by atoms with Crippen molar-refractivity contribution in [1.29, 1.82) is 0 Å². The molecule has 0 aliphatic heterocycles. The molecule has 1 atom stereocenters. The average molecular weight is 421 g/mol.